The molecule has 1 aromatic rings. The molecule has 0 atom stereocenters. The zero-order valence-corrected chi connectivity index (χ0v) is 10.7. The molecule has 0 bridgehead atoms. The summed E-state index contributed by atoms with van der Waals surface area (Å²) in [4.78, 5) is 21.3. The van der Waals surface area contributed by atoms with Gasteiger partial charge in [0.1, 0.15) is 5.69 Å². The van der Waals surface area contributed by atoms with Crippen LogP contribution in [0.2, 0.25) is 0 Å². The van der Waals surface area contributed by atoms with Crippen molar-refractivity contribution in [3.8, 4) is 0 Å². The lowest BCUT2D eigenvalue weighted by molar-refractivity contribution is -0.384. The Morgan fingerprint density at radius 2 is 2.24 bits per heavy atom. The number of nitrogen functional groups attached to an aromatic ring is 1. The van der Waals surface area contributed by atoms with E-state index in [-0.39, 0.29) is 17.8 Å². The molecular formula is C10H11BrN2O4. The number of hydrogen-bond donors (Lipinski definition) is 1. The van der Waals surface area contributed by atoms with Crippen LogP contribution in [-0.2, 0) is 16.0 Å². The van der Waals surface area contributed by atoms with Gasteiger partial charge in [0.2, 0.25) is 0 Å². The summed E-state index contributed by atoms with van der Waals surface area (Å²) in [6.07, 6.45) is 0.0244. The van der Waals surface area contributed by atoms with Crippen LogP contribution in [0.15, 0.2) is 16.6 Å². The van der Waals surface area contributed by atoms with Gasteiger partial charge in [-0.05, 0) is 18.6 Å². The number of nitro benzene ring substituents is 1. The predicted molar refractivity (Wildman–Crippen MR) is 65.5 cm³/mol. The molecule has 6 nitrogen and oxygen atoms in total. The maximum atomic E-state index is 11.3. The molecule has 1 rings (SSSR count). The molecule has 92 valence electrons. The molecule has 0 saturated heterocycles. The van der Waals surface area contributed by atoms with Gasteiger partial charge in [-0.3, -0.25) is 14.9 Å². The Bertz CT molecular complexity index is 462. The molecule has 0 aliphatic carbocycles. The lowest BCUT2D eigenvalue weighted by Gasteiger charge is -2.06. The van der Waals surface area contributed by atoms with Crippen LogP contribution in [0.1, 0.15) is 12.5 Å². The zero-order valence-electron chi connectivity index (χ0n) is 9.10. The second-order valence-electron chi connectivity index (χ2n) is 3.24. The van der Waals surface area contributed by atoms with Crippen LogP contribution in [0.25, 0.3) is 0 Å². The Kier molecular flexibility index (Phi) is 4.45. The van der Waals surface area contributed by atoms with E-state index in [1.807, 2.05) is 0 Å². The summed E-state index contributed by atoms with van der Waals surface area (Å²) in [7, 11) is 0. The van der Waals surface area contributed by atoms with Crippen LogP contribution in [0.3, 0.4) is 0 Å². The van der Waals surface area contributed by atoms with E-state index in [0.29, 0.717) is 16.6 Å². The fourth-order valence-corrected chi connectivity index (χ4v) is 1.76. The maximum absolute atomic E-state index is 11.3. The Morgan fingerprint density at radius 3 is 2.76 bits per heavy atom. The van der Waals surface area contributed by atoms with E-state index in [1.54, 1.807) is 6.92 Å². The molecule has 0 spiro atoms. The number of esters is 1. The highest BCUT2D eigenvalue weighted by molar-refractivity contribution is 9.10. The van der Waals surface area contributed by atoms with Crippen LogP contribution >= 0.6 is 15.9 Å². The third kappa shape index (κ3) is 3.42. The molecule has 0 radical (unpaired) electrons. The van der Waals surface area contributed by atoms with Gasteiger partial charge in [0.15, 0.2) is 0 Å². The largest absolute Gasteiger partial charge is 0.466 e. The predicted octanol–water partition coefficient (Wildman–Crippen LogP) is 2.05. The lowest BCUT2D eigenvalue weighted by atomic mass is 10.1. The highest BCUT2D eigenvalue weighted by Gasteiger charge is 2.16. The minimum atomic E-state index is -0.575. The molecule has 0 saturated carbocycles. The van der Waals surface area contributed by atoms with Crippen LogP contribution < -0.4 is 5.73 Å². The first kappa shape index (κ1) is 13.4. The molecule has 1 aromatic carbocycles. The van der Waals surface area contributed by atoms with E-state index in [2.05, 4.69) is 15.9 Å². The first-order valence-corrected chi connectivity index (χ1v) is 5.63. The molecule has 2 N–H and O–H groups in total. The normalized spacial score (nSPS) is 10.0. The summed E-state index contributed by atoms with van der Waals surface area (Å²) in [5, 5.41) is 10.6. The molecule has 0 heterocycles. The van der Waals surface area contributed by atoms with Crippen molar-refractivity contribution in [1.82, 2.24) is 0 Å². The number of halogens is 1. The molecule has 0 aliphatic heterocycles. The van der Waals surface area contributed by atoms with Gasteiger partial charge in [0.25, 0.3) is 5.69 Å². The third-order valence-electron chi connectivity index (χ3n) is 2.03. The van der Waals surface area contributed by atoms with Gasteiger partial charge in [0, 0.05) is 10.5 Å². The smallest absolute Gasteiger partial charge is 0.310 e. The summed E-state index contributed by atoms with van der Waals surface area (Å²) in [5.74, 6) is -0.401. The monoisotopic (exact) mass is 302 g/mol. The minimum Gasteiger partial charge on any atom is -0.466 e. The summed E-state index contributed by atoms with van der Waals surface area (Å²) in [5.41, 5.74) is 5.92. The Morgan fingerprint density at radius 1 is 1.59 bits per heavy atom. The number of ether oxygens (including phenoxy) is 1. The molecular weight excluding hydrogens is 292 g/mol. The number of anilines is 1. The zero-order chi connectivity index (χ0) is 13.0. The van der Waals surface area contributed by atoms with Crippen LogP contribution in [0.5, 0.6) is 0 Å². The number of carbonyl (C=O) groups excluding carboxylic acids is 1. The molecule has 0 aliphatic rings. The average Bonchev–Trinajstić information content (AvgIpc) is 2.22. The first-order valence-electron chi connectivity index (χ1n) is 4.83. The van der Waals surface area contributed by atoms with Crippen molar-refractivity contribution < 1.29 is 14.5 Å². The van der Waals surface area contributed by atoms with E-state index in [0.717, 1.165) is 0 Å². The highest BCUT2D eigenvalue weighted by Crippen LogP contribution is 2.29. The number of nitro groups is 1. The SMILES string of the molecule is CCOC(=O)Cc1cc(N)c([N+](=O)[O-])cc1Br. The topological polar surface area (TPSA) is 95.5 Å². The van der Waals surface area contributed by atoms with E-state index in [9.17, 15) is 14.9 Å². The molecule has 0 fully saturated rings. The second kappa shape index (κ2) is 5.62. The first-order chi connectivity index (χ1) is 7.95. The van der Waals surface area contributed by atoms with Crippen molar-refractivity contribution in [3.05, 3.63) is 32.3 Å². The van der Waals surface area contributed by atoms with Crippen LogP contribution in [-0.4, -0.2) is 17.5 Å². The van der Waals surface area contributed by atoms with Gasteiger partial charge in [-0.25, -0.2) is 0 Å². The van der Waals surface area contributed by atoms with Gasteiger partial charge in [-0.2, -0.15) is 0 Å². The van der Waals surface area contributed by atoms with Crippen molar-refractivity contribution in [2.75, 3.05) is 12.3 Å². The second-order valence-corrected chi connectivity index (χ2v) is 4.10. The van der Waals surface area contributed by atoms with Gasteiger partial charge in [-0.15, -0.1) is 0 Å². The maximum Gasteiger partial charge on any atom is 0.310 e. The Hall–Kier alpha value is -1.63. The van der Waals surface area contributed by atoms with Crippen molar-refractivity contribution in [3.63, 3.8) is 0 Å². The van der Waals surface area contributed by atoms with Gasteiger partial charge < -0.3 is 10.5 Å². The quantitative estimate of drug-likeness (QED) is 0.397. The number of rotatable bonds is 4. The molecule has 0 unspecified atom stereocenters. The third-order valence-corrected chi connectivity index (χ3v) is 2.77. The van der Waals surface area contributed by atoms with Gasteiger partial charge in [-0.1, -0.05) is 15.9 Å². The van der Waals surface area contributed by atoms with Crippen molar-refractivity contribution in [2.45, 2.75) is 13.3 Å². The highest BCUT2D eigenvalue weighted by atomic mass is 79.9. The minimum absolute atomic E-state index is 0.0244. The fourth-order valence-electron chi connectivity index (χ4n) is 1.29. The Balaban J connectivity index is 2.99. The molecule has 17 heavy (non-hydrogen) atoms. The molecule has 7 heteroatoms. The fraction of sp³-hybridized carbons (Fsp3) is 0.300. The van der Waals surface area contributed by atoms with Crippen LogP contribution in [0, 0.1) is 10.1 Å². The number of carbonyl (C=O) groups is 1. The van der Waals surface area contributed by atoms with E-state index < -0.39 is 10.9 Å². The summed E-state index contributed by atoms with van der Waals surface area (Å²) in [6, 6.07) is 2.68. The van der Waals surface area contributed by atoms with Crippen molar-refractivity contribution in [2.24, 2.45) is 0 Å². The van der Waals surface area contributed by atoms with E-state index in [4.69, 9.17) is 10.5 Å². The number of hydrogen-bond acceptors (Lipinski definition) is 5. The standard InChI is InChI=1S/C10H11BrN2O4/c1-2-17-10(14)4-6-3-8(12)9(13(15)16)5-7(6)11/h3,5H,2,4,12H2,1H3. The Labute approximate surface area is 106 Å². The molecule has 0 aromatic heterocycles. The average molecular weight is 303 g/mol. The van der Waals surface area contributed by atoms with Crippen LogP contribution in [0.4, 0.5) is 11.4 Å². The van der Waals surface area contributed by atoms with Gasteiger partial charge in [0.05, 0.1) is 18.0 Å². The van der Waals surface area contributed by atoms with Crippen molar-refractivity contribution >= 4 is 33.3 Å². The number of nitrogens with two attached hydrogens (primary N) is 1. The number of nitrogens with zero attached hydrogens (tertiary/aromatic N) is 1. The molecule has 0 amide bonds. The van der Waals surface area contributed by atoms with E-state index in [1.165, 1.54) is 12.1 Å². The number of benzene rings is 1. The summed E-state index contributed by atoms with van der Waals surface area (Å²) < 4.78 is 5.25. The van der Waals surface area contributed by atoms with E-state index >= 15 is 0 Å². The van der Waals surface area contributed by atoms with Crippen molar-refractivity contribution in [1.29, 1.82) is 0 Å². The summed E-state index contributed by atoms with van der Waals surface area (Å²) in [6.45, 7) is 2.00. The van der Waals surface area contributed by atoms with Gasteiger partial charge >= 0.3 is 5.97 Å². The summed E-state index contributed by atoms with van der Waals surface area (Å²) >= 11 is 3.16. The lowest BCUT2D eigenvalue weighted by Crippen LogP contribution is -2.08.